The van der Waals surface area contributed by atoms with Crippen LogP contribution in [0.25, 0.3) is 0 Å². The van der Waals surface area contributed by atoms with Crippen LogP contribution in [0.15, 0.2) is 24.3 Å². The van der Waals surface area contributed by atoms with Crippen LogP contribution >= 0.6 is 0 Å². The van der Waals surface area contributed by atoms with Crippen molar-refractivity contribution in [3.8, 4) is 0 Å². The lowest BCUT2D eigenvalue weighted by Gasteiger charge is -2.31. The molecule has 0 aliphatic rings. The van der Waals surface area contributed by atoms with E-state index in [-0.39, 0.29) is 5.92 Å². The molecule has 3 N–H and O–H groups in total. The summed E-state index contributed by atoms with van der Waals surface area (Å²) in [6.45, 7) is 8.68. The van der Waals surface area contributed by atoms with Gasteiger partial charge in [0, 0.05) is 13.0 Å². The number of hydrogen-bond donors (Lipinski definition) is 2. The van der Waals surface area contributed by atoms with E-state index in [1.54, 1.807) is 0 Å². The second-order valence-electron chi connectivity index (χ2n) is 5.54. The Morgan fingerprint density at radius 2 is 1.65 bits per heavy atom. The van der Waals surface area contributed by atoms with E-state index in [0.717, 1.165) is 5.56 Å². The molecule has 0 aliphatic carbocycles. The standard InChI is InChI=1S/C15H25NO/c1-11(2)14-7-5-13(6-8-14)9-15(17,10-16)12(3)4/h5-8,11-12,17H,9-10,16H2,1-4H3. The van der Waals surface area contributed by atoms with Gasteiger partial charge in [0.25, 0.3) is 0 Å². The molecule has 0 amide bonds. The van der Waals surface area contributed by atoms with Gasteiger partial charge in [0.15, 0.2) is 0 Å². The Labute approximate surface area is 105 Å². The van der Waals surface area contributed by atoms with Crippen LogP contribution in [-0.2, 0) is 6.42 Å². The average molecular weight is 235 g/mol. The minimum atomic E-state index is -0.792. The SMILES string of the molecule is CC(C)c1ccc(CC(O)(CN)C(C)C)cc1. The number of nitrogens with two attached hydrogens (primary N) is 1. The van der Waals surface area contributed by atoms with Crippen LogP contribution < -0.4 is 5.73 Å². The molecule has 0 saturated heterocycles. The van der Waals surface area contributed by atoms with E-state index in [0.29, 0.717) is 18.9 Å². The molecule has 1 aromatic carbocycles. The number of rotatable bonds is 5. The second kappa shape index (κ2) is 5.65. The maximum atomic E-state index is 10.4. The van der Waals surface area contributed by atoms with Gasteiger partial charge in [-0.15, -0.1) is 0 Å². The summed E-state index contributed by atoms with van der Waals surface area (Å²) in [5.74, 6) is 0.708. The smallest absolute Gasteiger partial charge is 0.0832 e. The number of benzene rings is 1. The molecule has 0 spiro atoms. The Balaban J connectivity index is 2.81. The molecule has 1 unspecified atom stereocenters. The first-order chi connectivity index (χ1) is 7.89. The van der Waals surface area contributed by atoms with Gasteiger partial charge in [-0.25, -0.2) is 0 Å². The Morgan fingerprint density at radius 1 is 1.12 bits per heavy atom. The summed E-state index contributed by atoms with van der Waals surface area (Å²) in [5.41, 5.74) is 7.37. The minimum Gasteiger partial charge on any atom is -0.388 e. The van der Waals surface area contributed by atoms with Crippen molar-refractivity contribution in [1.29, 1.82) is 0 Å². The zero-order valence-electron chi connectivity index (χ0n) is 11.4. The summed E-state index contributed by atoms with van der Waals surface area (Å²) in [6.07, 6.45) is 0.625. The highest BCUT2D eigenvalue weighted by Crippen LogP contribution is 2.22. The zero-order chi connectivity index (χ0) is 13.1. The largest absolute Gasteiger partial charge is 0.388 e. The van der Waals surface area contributed by atoms with E-state index in [9.17, 15) is 5.11 Å². The fraction of sp³-hybridized carbons (Fsp3) is 0.600. The monoisotopic (exact) mass is 235 g/mol. The lowest BCUT2D eigenvalue weighted by Crippen LogP contribution is -2.44. The van der Waals surface area contributed by atoms with E-state index in [1.165, 1.54) is 5.56 Å². The highest BCUT2D eigenvalue weighted by molar-refractivity contribution is 5.26. The first-order valence-corrected chi connectivity index (χ1v) is 6.40. The van der Waals surface area contributed by atoms with E-state index >= 15 is 0 Å². The molecular weight excluding hydrogens is 210 g/mol. The molecule has 1 aromatic rings. The summed E-state index contributed by atoms with van der Waals surface area (Å²) in [7, 11) is 0. The van der Waals surface area contributed by atoms with Gasteiger partial charge < -0.3 is 10.8 Å². The molecule has 1 atom stereocenters. The molecule has 1 rings (SSSR count). The third-order valence-corrected chi connectivity index (χ3v) is 3.58. The lowest BCUT2D eigenvalue weighted by atomic mass is 9.84. The van der Waals surface area contributed by atoms with Crippen molar-refractivity contribution in [1.82, 2.24) is 0 Å². The minimum absolute atomic E-state index is 0.164. The van der Waals surface area contributed by atoms with Crippen LogP contribution in [-0.4, -0.2) is 17.3 Å². The molecule has 0 fully saturated rings. The van der Waals surface area contributed by atoms with Crippen LogP contribution in [0.3, 0.4) is 0 Å². The van der Waals surface area contributed by atoms with Crippen LogP contribution in [0.2, 0.25) is 0 Å². The van der Waals surface area contributed by atoms with Crippen molar-refractivity contribution in [3.05, 3.63) is 35.4 Å². The molecule has 0 heterocycles. The summed E-state index contributed by atoms with van der Waals surface area (Å²) in [4.78, 5) is 0. The van der Waals surface area contributed by atoms with E-state index in [4.69, 9.17) is 5.73 Å². The van der Waals surface area contributed by atoms with Gasteiger partial charge in [-0.05, 0) is 23.0 Å². The van der Waals surface area contributed by atoms with Crippen molar-refractivity contribution in [3.63, 3.8) is 0 Å². The van der Waals surface area contributed by atoms with E-state index in [2.05, 4.69) is 38.1 Å². The van der Waals surface area contributed by atoms with Crippen LogP contribution in [0.4, 0.5) is 0 Å². The molecule has 96 valence electrons. The topological polar surface area (TPSA) is 46.2 Å². The molecule has 0 radical (unpaired) electrons. The fourth-order valence-electron chi connectivity index (χ4n) is 1.89. The predicted molar refractivity (Wildman–Crippen MR) is 73.1 cm³/mol. The Morgan fingerprint density at radius 3 is 2.00 bits per heavy atom. The first-order valence-electron chi connectivity index (χ1n) is 6.40. The normalized spacial score (nSPS) is 15.3. The van der Waals surface area contributed by atoms with Gasteiger partial charge in [0.05, 0.1) is 5.60 Å². The summed E-state index contributed by atoms with van der Waals surface area (Å²) < 4.78 is 0. The molecule has 0 aromatic heterocycles. The van der Waals surface area contributed by atoms with Gasteiger partial charge in [-0.2, -0.15) is 0 Å². The van der Waals surface area contributed by atoms with Gasteiger partial charge >= 0.3 is 0 Å². The van der Waals surface area contributed by atoms with Gasteiger partial charge in [0.2, 0.25) is 0 Å². The first kappa shape index (κ1) is 14.2. The quantitative estimate of drug-likeness (QED) is 0.824. The Hall–Kier alpha value is -0.860. The maximum Gasteiger partial charge on any atom is 0.0832 e. The summed E-state index contributed by atoms with van der Waals surface area (Å²) >= 11 is 0. The highest BCUT2D eigenvalue weighted by atomic mass is 16.3. The molecule has 0 bridgehead atoms. The predicted octanol–water partition coefficient (Wildman–Crippen LogP) is 2.70. The molecule has 2 heteroatoms. The third-order valence-electron chi connectivity index (χ3n) is 3.58. The Kier molecular flexibility index (Phi) is 4.72. The van der Waals surface area contributed by atoms with Crippen molar-refractivity contribution in [2.45, 2.75) is 45.6 Å². The third kappa shape index (κ3) is 3.55. The van der Waals surface area contributed by atoms with E-state index < -0.39 is 5.60 Å². The molecule has 0 saturated carbocycles. The summed E-state index contributed by atoms with van der Waals surface area (Å²) in [6, 6.07) is 8.46. The molecular formula is C15H25NO. The maximum absolute atomic E-state index is 10.4. The number of aliphatic hydroxyl groups is 1. The number of hydrogen-bond acceptors (Lipinski definition) is 2. The van der Waals surface area contributed by atoms with Crippen LogP contribution in [0.1, 0.15) is 44.7 Å². The van der Waals surface area contributed by atoms with Gasteiger partial charge in [-0.3, -0.25) is 0 Å². The summed E-state index contributed by atoms with van der Waals surface area (Å²) in [5, 5.41) is 10.4. The highest BCUT2D eigenvalue weighted by Gasteiger charge is 2.29. The van der Waals surface area contributed by atoms with Crippen LogP contribution in [0.5, 0.6) is 0 Å². The fourth-order valence-corrected chi connectivity index (χ4v) is 1.89. The van der Waals surface area contributed by atoms with Crippen molar-refractivity contribution < 1.29 is 5.11 Å². The van der Waals surface area contributed by atoms with Crippen molar-refractivity contribution in [2.24, 2.45) is 11.7 Å². The van der Waals surface area contributed by atoms with Crippen molar-refractivity contribution >= 4 is 0 Å². The lowest BCUT2D eigenvalue weighted by molar-refractivity contribution is 0.00407. The molecule has 17 heavy (non-hydrogen) atoms. The zero-order valence-corrected chi connectivity index (χ0v) is 11.4. The Bertz CT molecular complexity index is 342. The van der Waals surface area contributed by atoms with Gasteiger partial charge in [0.1, 0.15) is 0 Å². The van der Waals surface area contributed by atoms with Crippen molar-refractivity contribution in [2.75, 3.05) is 6.54 Å². The molecule has 2 nitrogen and oxygen atoms in total. The van der Waals surface area contributed by atoms with Crippen LogP contribution in [0, 0.1) is 5.92 Å². The average Bonchev–Trinajstić information content (AvgIpc) is 2.29. The second-order valence-corrected chi connectivity index (χ2v) is 5.54. The van der Waals surface area contributed by atoms with E-state index in [1.807, 2.05) is 13.8 Å². The molecule has 0 aliphatic heterocycles. The van der Waals surface area contributed by atoms with Gasteiger partial charge in [-0.1, -0.05) is 52.0 Å².